The molecule has 2 aromatic carbocycles. The van der Waals surface area contributed by atoms with Gasteiger partial charge in [0.25, 0.3) is 5.56 Å². The molecule has 1 aromatic heterocycles. The minimum atomic E-state index is -4.44. The van der Waals surface area contributed by atoms with Crippen molar-refractivity contribution < 1.29 is 22.7 Å². The van der Waals surface area contributed by atoms with Crippen molar-refractivity contribution in [2.45, 2.75) is 19.6 Å². The standard InChI is InChI=1S/C22H20F3N3O3/c1-15-2-8-18(9-3-15)31-11-10-26-20(29)13-28-14-27-19(12-21(28)30)16-4-6-17(7-5-16)22(23,24)25/h2-9,12,14H,10-11,13H2,1H3,(H,26,29). The molecule has 1 heterocycles. The molecular weight excluding hydrogens is 411 g/mol. The molecule has 0 atom stereocenters. The van der Waals surface area contributed by atoms with Crippen LogP contribution in [0.1, 0.15) is 11.1 Å². The van der Waals surface area contributed by atoms with E-state index in [9.17, 15) is 22.8 Å². The van der Waals surface area contributed by atoms with E-state index >= 15 is 0 Å². The minimum absolute atomic E-state index is 0.224. The molecule has 3 rings (SSSR count). The third-order valence-corrected chi connectivity index (χ3v) is 4.42. The Labute approximate surface area is 176 Å². The number of carbonyl (C=O) groups excluding carboxylic acids is 1. The summed E-state index contributed by atoms with van der Waals surface area (Å²) in [6.45, 7) is 2.27. The van der Waals surface area contributed by atoms with Crippen molar-refractivity contribution in [2.24, 2.45) is 0 Å². The van der Waals surface area contributed by atoms with E-state index in [1.807, 2.05) is 31.2 Å². The first kappa shape index (κ1) is 22.1. The van der Waals surface area contributed by atoms with E-state index in [1.54, 1.807) is 0 Å². The lowest BCUT2D eigenvalue weighted by Gasteiger charge is -2.10. The number of carbonyl (C=O) groups is 1. The van der Waals surface area contributed by atoms with Gasteiger partial charge in [0.05, 0.1) is 24.1 Å². The number of nitrogens with one attached hydrogen (secondary N) is 1. The number of ether oxygens (including phenoxy) is 1. The number of rotatable bonds is 7. The molecule has 0 aliphatic rings. The van der Waals surface area contributed by atoms with Gasteiger partial charge in [-0.25, -0.2) is 4.98 Å². The lowest BCUT2D eigenvalue weighted by atomic mass is 10.1. The zero-order valence-corrected chi connectivity index (χ0v) is 16.6. The third-order valence-electron chi connectivity index (χ3n) is 4.42. The number of hydrogen-bond acceptors (Lipinski definition) is 4. The zero-order chi connectivity index (χ0) is 22.4. The molecule has 1 N–H and O–H groups in total. The van der Waals surface area contributed by atoms with Gasteiger partial charge in [0.1, 0.15) is 18.9 Å². The molecule has 0 unspecified atom stereocenters. The van der Waals surface area contributed by atoms with Crippen LogP contribution in [0.2, 0.25) is 0 Å². The van der Waals surface area contributed by atoms with Crippen LogP contribution in [0.15, 0.2) is 65.7 Å². The van der Waals surface area contributed by atoms with Crippen molar-refractivity contribution >= 4 is 5.91 Å². The summed E-state index contributed by atoms with van der Waals surface area (Å²) in [7, 11) is 0. The smallest absolute Gasteiger partial charge is 0.416 e. The van der Waals surface area contributed by atoms with Gasteiger partial charge in [-0.2, -0.15) is 13.2 Å². The van der Waals surface area contributed by atoms with Gasteiger partial charge in [-0.15, -0.1) is 0 Å². The molecule has 0 aliphatic carbocycles. The Morgan fingerprint density at radius 3 is 2.39 bits per heavy atom. The highest BCUT2D eigenvalue weighted by Gasteiger charge is 2.30. The van der Waals surface area contributed by atoms with Crippen molar-refractivity contribution in [3.63, 3.8) is 0 Å². The summed E-state index contributed by atoms with van der Waals surface area (Å²) in [6, 6.07) is 13.0. The molecule has 1 amide bonds. The van der Waals surface area contributed by atoms with Crippen LogP contribution >= 0.6 is 0 Å². The fourth-order valence-corrected chi connectivity index (χ4v) is 2.74. The average molecular weight is 431 g/mol. The van der Waals surface area contributed by atoms with Crippen LogP contribution in [0, 0.1) is 6.92 Å². The van der Waals surface area contributed by atoms with Crippen LogP contribution in [-0.4, -0.2) is 28.6 Å². The fraction of sp³-hybridized carbons (Fsp3) is 0.227. The molecule has 0 fully saturated rings. The zero-order valence-electron chi connectivity index (χ0n) is 16.6. The second kappa shape index (κ2) is 9.46. The largest absolute Gasteiger partial charge is 0.492 e. The topological polar surface area (TPSA) is 73.2 Å². The maximum absolute atomic E-state index is 12.7. The Kier molecular flexibility index (Phi) is 6.74. The average Bonchev–Trinajstić information content (AvgIpc) is 2.73. The summed E-state index contributed by atoms with van der Waals surface area (Å²) in [5, 5.41) is 2.65. The Morgan fingerprint density at radius 2 is 1.77 bits per heavy atom. The summed E-state index contributed by atoms with van der Waals surface area (Å²) in [5.41, 5.74) is 0.435. The molecule has 0 spiro atoms. The van der Waals surface area contributed by atoms with Crippen LogP contribution < -0.4 is 15.6 Å². The molecule has 9 heteroatoms. The first-order valence-electron chi connectivity index (χ1n) is 9.43. The Bertz CT molecular complexity index is 1090. The van der Waals surface area contributed by atoms with Gasteiger partial charge in [0, 0.05) is 11.6 Å². The Morgan fingerprint density at radius 1 is 1.10 bits per heavy atom. The van der Waals surface area contributed by atoms with Crippen LogP contribution in [0.25, 0.3) is 11.3 Å². The third kappa shape index (κ3) is 6.18. The van der Waals surface area contributed by atoms with Crippen molar-refractivity contribution in [3.05, 3.63) is 82.4 Å². The molecule has 31 heavy (non-hydrogen) atoms. The number of alkyl halides is 3. The summed E-state index contributed by atoms with van der Waals surface area (Å²) < 4.78 is 44.6. The lowest BCUT2D eigenvalue weighted by molar-refractivity contribution is -0.137. The number of benzene rings is 2. The SMILES string of the molecule is Cc1ccc(OCCNC(=O)Cn2cnc(-c3ccc(C(F)(F)F)cc3)cc2=O)cc1. The Balaban J connectivity index is 1.53. The second-order valence-electron chi connectivity index (χ2n) is 6.83. The van der Waals surface area contributed by atoms with Gasteiger partial charge >= 0.3 is 6.18 Å². The predicted octanol–water partition coefficient (Wildman–Crippen LogP) is 3.43. The molecule has 0 aliphatic heterocycles. The van der Waals surface area contributed by atoms with Crippen molar-refractivity contribution in [1.29, 1.82) is 0 Å². The van der Waals surface area contributed by atoms with E-state index in [-0.39, 0.29) is 25.4 Å². The van der Waals surface area contributed by atoms with Gasteiger partial charge < -0.3 is 10.1 Å². The van der Waals surface area contributed by atoms with Crippen LogP contribution in [0.4, 0.5) is 13.2 Å². The first-order chi connectivity index (χ1) is 14.7. The van der Waals surface area contributed by atoms with Gasteiger partial charge in [0.15, 0.2) is 0 Å². The monoisotopic (exact) mass is 431 g/mol. The van der Waals surface area contributed by atoms with Gasteiger partial charge in [-0.05, 0) is 31.2 Å². The van der Waals surface area contributed by atoms with E-state index in [2.05, 4.69) is 10.3 Å². The maximum atomic E-state index is 12.7. The van der Waals surface area contributed by atoms with E-state index < -0.39 is 23.2 Å². The lowest BCUT2D eigenvalue weighted by Crippen LogP contribution is -2.34. The highest BCUT2D eigenvalue weighted by atomic mass is 19.4. The van der Waals surface area contributed by atoms with Crippen LogP contribution in [-0.2, 0) is 17.5 Å². The number of amides is 1. The molecule has 3 aromatic rings. The van der Waals surface area contributed by atoms with Crippen molar-refractivity contribution in [3.8, 4) is 17.0 Å². The molecule has 0 saturated heterocycles. The van der Waals surface area contributed by atoms with E-state index in [4.69, 9.17) is 4.74 Å². The van der Waals surface area contributed by atoms with Gasteiger partial charge in [0.2, 0.25) is 5.91 Å². The number of aryl methyl sites for hydroxylation is 1. The van der Waals surface area contributed by atoms with E-state index in [1.165, 1.54) is 24.5 Å². The quantitative estimate of drug-likeness (QED) is 0.582. The minimum Gasteiger partial charge on any atom is -0.492 e. The molecule has 0 bridgehead atoms. The number of halogens is 3. The number of nitrogens with zero attached hydrogens (tertiary/aromatic N) is 2. The number of aromatic nitrogens is 2. The summed E-state index contributed by atoms with van der Waals surface area (Å²) in [4.78, 5) is 28.4. The Hall–Kier alpha value is -3.62. The van der Waals surface area contributed by atoms with E-state index in [0.29, 0.717) is 11.3 Å². The van der Waals surface area contributed by atoms with Crippen LogP contribution in [0.3, 0.4) is 0 Å². The molecule has 162 valence electrons. The molecule has 0 radical (unpaired) electrons. The van der Waals surface area contributed by atoms with Crippen molar-refractivity contribution in [2.75, 3.05) is 13.2 Å². The van der Waals surface area contributed by atoms with E-state index in [0.717, 1.165) is 22.3 Å². The van der Waals surface area contributed by atoms with Gasteiger partial charge in [-0.1, -0.05) is 29.8 Å². The van der Waals surface area contributed by atoms with Crippen LogP contribution in [0.5, 0.6) is 5.75 Å². The normalized spacial score (nSPS) is 11.2. The fourth-order valence-electron chi connectivity index (χ4n) is 2.74. The summed E-state index contributed by atoms with van der Waals surface area (Å²) in [6.07, 6.45) is -3.24. The summed E-state index contributed by atoms with van der Waals surface area (Å²) >= 11 is 0. The molecule has 6 nitrogen and oxygen atoms in total. The first-order valence-corrected chi connectivity index (χ1v) is 9.43. The number of hydrogen-bond donors (Lipinski definition) is 1. The predicted molar refractivity (Wildman–Crippen MR) is 109 cm³/mol. The highest BCUT2D eigenvalue weighted by molar-refractivity contribution is 5.75. The molecule has 0 saturated carbocycles. The van der Waals surface area contributed by atoms with Gasteiger partial charge in [-0.3, -0.25) is 14.2 Å². The summed E-state index contributed by atoms with van der Waals surface area (Å²) in [5.74, 6) is 0.304. The second-order valence-corrected chi connectivity index (χ2v) is 6.83. The molecular formula is C22H20F3N3O3. The highest BCUT2D eigenvalue weighted by Crippen LogP contribution is 2.30. The maximum Gasteiger partial charge on any atom is 0.416 e. The van der Waals surface area contributed by atoms with Crippen molar-refractivity contribution in [1.82, 2.24) is 14.9 Å².